The van der Waals surface area contributed by atoms with Crippen molar-refractivity contribution in [1.29, 1.82) is 0 Å². The number of phenolic OH excluding ortho intramolecular Hbond substituents is 1. The van der Waals surface area contributed by atoms with Gasteiger partial charge in [0, 0.05) is 31.9 Å². The van der Waals surface area contributed by atoms with E-state index in [4.69, 9.17) is 4.74 Å². The molecule has 1 unspecified atom stereocenters. The molecule has 3 heterocycles. The third-order valence-corrected chi connectivity index (χ3v) is 6.89. The van der Waals surface area contributed by atoms with Gasteiger partial charge in [-0.15, -0.1) is 24.8 Å². The van der Waals surface area contributed by atoms with Crippen molar-refractivity contribution in [2.75, 3.05) is 31.0 Å². The zero-order chi connectivity index (χ0) is 26.6. The number of hydrogen-bond acceptors (Lipinski definition) is 7. The van der Waals surface area contributed by atoms with Crippen molar-refractivity contribution in [1.82, 2.24) is 19.7 Å². The summed E-state index contributed by atoms with van der Waals surface area (Å²) in [5, 5.41) is 14.9. The van der Waals surface area contributed by atoms with Crippen LogP contribution in [0, 0.1) is 0 Å². The molecule has 212 valence electrons. The fraction of sp³-hybridized carbons (Fsp3) is 0.310. The van der Waals surface area contributed by atoms with Crippen LogP contribution in [0.25, 0.3) is 0 Å². The van der Waals surface area contributed by atoms with Gasteiger partial charge in [0.1, 0.15) is 11.6 Å². The lowest BCUT2D eigenvalue weighted by atomic mass is 9.81. The molecule has 40 heavy (non-hydrogen) atoms. The Morgan fingerprint density at radius 3 is 2.62 bits per heavy atom. The predicted molar refractivity (Wildman–Crippen MR) is 160 cm³/mol. The van der Waals surface area contributed by atoms with Gasteiger partial charge in [-0.25, -0.2) is 9.97 Å². The van der Waals surface area contributed by atoms with Crippen LogP contribution < -0.4 is 14.5 Å². The van der Waals surface area contributed by atoms with Gasteiger partial charge in [0.2, 0.25) is 11.8 Å². The minimum atomic E-state index is -0.346. The topological polar surface area (TPSA) is 96.6 Å². The lowest BCUT2D eigenvalue weighted by molar-refractivity contribution is -0.120. The van der Waals surface area contributed by atoms with Gasteiger partial charge >= 0.3 is 0 Å². The van der Waals surface area contributed by atoms with Crippen LogP contribution in [0.15, 0.2) is 67.1 Å². The molecule has 0 aliphatic heterocycles. The Hall–Kier alpha value is -3.82. The summed E-state index contributed by atoms with van der Waals surface area (Å²) in [7, 11) is 5.49. The number of ether oxygens (including phenoxy) is 1. The second-order valence-electron chi connectivity index (χ2n) is 9.70. The Bertz CT molecular complexity index is 1430. The smallest absolute Gasteiger partial charge is 0.234 e. The van der Waals surface area contributed by atoms with Gasteiger partial charge in [-0.05, 0) is 54.7 Å². The fourth-order valence-electron chi connectivity index (χ4n) is 4.95. The molecule has 9 nitrogen and oxygen atoms in total. The molecule has 1 aliphatic rings. The lowest BCUT2D eigenvalue weighted by Gasteiger charge is -2.31. The number of carbonyl (C=O) groups excluding carboxylic acids is 1. The number of fused-ring (bicyclic) bond motifs is 1. The van der Waals surface area contributed by atoms with Crippen LogP contribution in [-0.2, 0) is 24.3 Å². The van der Waals surface area contributed by atoms with Crippen molar-refractivity contribution >= 4 is 42.2 Å². The number of rotatable bonds is 8. The monoisotopic (exact) mass is 584 g/mol. The first-order valence-corrected chi connectivity index (χ1v) is 12.7. The van der Waals surface area contributed by atoms with Crippen LogP contribution in [0.5, 0.6) is 11.6 Å². The maximum Gasteiger partial charge on any atom is 0.234 e. The first-order chi connectivity index (χ1) is 18.4. The average Bonchev–Trinajstić information content (AvgIpc) is 3.38. The zero-order valence-electron chi connectivity index (χ0n) is 22.7. The first-order valence-electron chi connectivity index (χ1n) is 12.7. The van der Waals surface area contributed by atoms with Crippen LogP contribution in [0.3, 0.4) is 0 Å². The average molecular weight is 586 g/mol. The highest BCUT2D eigenvalue weighted by Gasteiger charge is 2.32. The van der Waals surface area contributed by atoms with Crippen LogP contribution >= 0.6 is 24.8 Å². The standard InChI is InChI=1S/C29H32N6O3.2ClH/c1-33(2)27-12-4-7-21(32-27)19-34-17-20(15-31-34)18-35(22-13-14-28(38-3)30-16-22)29(37)25-10-5-9-24-23(25)8-6-11-26(24)36;;/h4,6-8,11-17,25,36H,5,9-10,18-19H2,1-3H3;2*1H. The third kappa shape index (κ3) is 6.66. The van der Waals surface area contributed by atoms with Crippen LogP contribution in [0.4, 0.5) is 11.5 Å². The zero-order valence-corrected chi connectivity index (χ0v) is 24.4. The van der Waals surface area contributed by atoms with Gasteiger partial charge < -0.3 is 19.6 Å². The molecule has 0 bridgehead atoms. The Balaban J connectivity index is 0.00000220. The van der Waals surface area contributed by atoms with Crippen LogP contribution in [0.2, 0.25) is 0 Å². The van der Waals surface area contributed by atoms with E-state index >= 15 is 0 Å². The molecule has 0 saturated carbocycles. The highest BCUT2D eigenvalue weighted by Crippen LogP contribution is 2.38. The van der Waals surface area contributed by atoms with E-state index in [0.29, 0.717) is 24.7 Å². The molecule has 0 radical (unpaired) electrons. The van der Waals surface area contributed by atoms with Gasteiger partial charge in [-0.1, -0.05) is 18.2 Å². The number of phenols is 1. The summed E-state index contributed by atoms with van der Waals surface area (Å²) < 4.78 is 7.06. The number of amides is 1. The molecule has 5 rings (SSSR count). The van der Waals surface area contributed by atoms with Crippen molar-refractivity contribution in [2.45, 2.75) is 38.3 Å². The molecule has 1 aliphatic carbocycles. The Kier molecular flexibility index (Phi) is 10.4. The second kappa shape index (κ2) is 13.5. The molecule has 4 aromatic rings. The van der Waals surface area contributed by atoms with Gasteiger partial charge in [0.25, 0.3) is 0 Å². The molecule has 0 spiro atoms. The van der Waals surface area contributed by atoms with Gasteiger partial charge in [0.05, 0.1) is 49.9 Å². The van der Waals surface area contributed by atoms with E-state index in [0.717, 1.165) is 47.5 Å². The van der Waals surface area contributed by atoms with E-state index in [-0.39, 0.29) is 42.4 Å². The number of hydrogen-bond donors (Lipinski definition) is 1. The highest BCUT2D eigenvalue weighted by molar-refractivity contribution is 5.98. The number of aromatic hydroxyl groups is 1. The van der Waals surface area contributed by atoms with Crippen molar-refractivity contribution < 1.29 is 14.6 Å². The summed E-state index contributed by atoms with van der Waals surface area (Å²) in [6.07, 6.45) is 7.72. The molecular formula is C29H34Cl2N6O3. The Morgan fingerprint density at radius 2 is 1.90 bits per heavy atom. The third-order valence-electron chi connectivity index (χ3n) is 6.89. The van der Waals surface area contributed by atoms with E-state index in [1.165, 1.54) is 0 Å². The molecule has 1 atom stereocenters. The molecule has 1 N–H and O–H groups in total. The van der Waals surface area contributed by atoms with Crippen LogP contribution in [0.1, 0.15) is 41.1 Å². The highest BCUT2D eigenvalue weighted by atomic mass is 35.5. The normalized spacial score (nSPS) is 13.8. The minimum Gasteiger partial charge on any atom is -0.508 e. The molecule has 1 amide bonds. The molecule has 3 aromatic heterocycles. The van der Waals surface area contributed by atoms with E-state index in [1.807, 2.05) is 66.3 Å². The predicted octanol–water partition coefficient (Wildman–Crippen LogP) is 5.00. The number of pyridine rings is 2. The summed E-state index contributed by atoms with van der Waals surface area (Å²) in [5.74, 6) is 1.25. The first kappa shape index (κ1) is 30.7. The molecule has 1 aromatic carbocycles. The quantitative estimate of drug-likeness (QED) is 0.311. The fourth-order valence-corrected chi connectivity index (χ4v) is 4.95. The SMILES string of the molecule is COc1ccc(N(Cc2cnn(Cc3cccc(N(C)C)n3)c2)C(=O)C2CCCc3c(O)cccc32)cn1.Cl.Cl. The Labute approximate surface area is 246 Å². The summed E-state index contributed by atoms with van der Waals surface area (Å²) in [5.41, 5.74) is 4.23. The number of methoxy groups -OCH3 is 1. The van der Waals surface area contributed by atoms with Crippen LogP contribution in [-0.4, -0.2) is 52.0 Å². The molecule has 11 heteroatoms. The van der Waals surface area contributed by atoms with Crippen molar-refractivity contribution in [3.8, 4) is 11.6 Å². The second-order valence-corrected chi connectivity index (χ2v) is 9.70. The number of nitrogens with zero attached hydrogens (tertiary/aromatic N) is 6. The minimum absolute atomic E-state index is 0. The molecule has 0 saturated heterocycles. The van der Waals surface area contributed by atoms with Crippen molar-refractivity contribution in [3.05, 3.63) is 89.5 Å². The van der Waals surface area contributed by atoms with E-state index in [1.54, 1.807) is 36.5 Å². The Morgan fingerprint density at radius 1 is 1.10 bits per heavy atom. The van der Waals surface area contributed by atoms with E-state index in [2.05, 4.69) is 15.1 Å². The summed E-state index contributed by atoms with van der Waals surface area (Å²) in [6, 6.07) is 15.0. The summed E-state index contributed by atoms with van der Waals surface area (Å²) >= 11 is 0. The lowest BCUT2D eigenvalue weighted by Crippen LogP contribution is -2.36. The molecular weight excluding hydrogens is 551 g/mol. The number of halogens is 2. The number of aromatic nitrogens is 4. The van der Waals surface area contributed by atoms with E-state index < -0.39 is 0 Å². The number of benzene rings is 1. The van der Waals surface area contributed by atoms with Gasteiger partial charge in [-0.3, -0.25) is 9.48 Å². The maximum atomic E-state index is 14.1. The van der Waals surface area contributed by atoms with Crippen molar-refractivity contribution in [2.24, 2.45) is 0 Å². The number of anilines is 2. The van der Waals surface area contributed by atoms with Gasteiger partial charge in [-0.2, -0.15) is 5.10 Å². The number of carbonyl (C=O) groups is 1. The maximum absolute atomic E-state index is 14.1. The van der Waals surface area contributed by atoms with E-state index in [9.17, 15) is 9.90 Å². The van der Waals surface area contributed by atoms with Crippen molar-refractivity contribution in [3.63, 3.8) is 0 Å². The molecule has 0 fully saturated rings. The van der Waals surface area contributed by atoms with Gasteiger partial charge in [0.15, 0.2) is 0 Å². The summed E-state index contributed by atoms with van der Waals surface area (Å²) in [4.78, 5) is 26.8. The summed E-state index contributed by atoms with van der Waals surface area (Å²) in [6.45, 7) is 0.859. The largest absolute Gasteiger partial charge is 0.508 e.